The van der Waals surface area contributed by atoms with E-state index in [9.17, 15) is 13.5 Å². The maximum Gasteiger partial charge on any atom is 0.179 e. The van der Waals surface area contributed by atoms with Crippen LogP contribution in [0, 0.1) is 0 Å². The molecule has 0 aliphatic carbocycles. The molecule has 0 atom stereocenters. The molecule has 14 heavy (non-hydrogen) atoms. The molecule has 1 aromatic rings. The van der Waals surface area contributed by atoms with Crippen LogP contribution in [0.15, 0.2) is 17.0 Å². The second-order valence-electron chi connectivity index (χ2n) is 3.35. The smallest absolute Gasteiger partial charge is 0.179 e. The molecule has 76 valence electrons. The molecule has 1 heterocycles. The number of rotatable bonds is 1. The lowest BCUT2D eigenvalue weighted by Crippen LogP contribution is -1.99. The molecule has 1 aliphatic heterocycles. The predicted octanol–water partition coefficient (Wildman–Crippen LogP) is 0.826. The first-order valence-electron chi connectivity index (χ1n) is 4.11. The molecule has 0 bridgehead atoms. The van der Waals surface area contributed by atoms with Gasteiger partial charge < -0.3 is 9.84 Å². The van der Waals surface area contributed by atoms with E-state index in [4.69, 9.17) is 4.74 Å². The average molecular weight is 214 g/mol. The number of fused-ring (bicyclic) bond motifs is 1. The second-order valence-corrected chi connectivity index (χ2v) is 5.34. The molecule has 4 nitrogen and oxygen atoms in total. The standard InChI is InChI=1S/C9H10O4S/c1-14(11,12)9-3-7-5-13-4-6(7)2-8(9)10/h2-3,10H,4-5H2,1H3. The zero-order valence-corrected chi connectivity index (χ0v) is 8.47. The van der Waals surface area contributed by atoms with Crippen LogP contribution in [0.4, 0.5) is 0 Å². The van der Waals surface area contributed by atoms with Crippen LogP contribution in [-0.2, 0) is 27.8 Å². The first-order chi connectivity index (χ1) is 6.48. The summed E-state index contributed by atoms with van der Waals surface area (Å²) in [5, 5.41) is 9.48. The van der Waals surface area contributed by atoms with E-state index in [1.807, 2.05) is 0 Å². The fourth-order valence-corrected chi connectivity index (χ4v) is 2.29. The van der Waals surface area contributed by atoms with Crippen LogP contribution in [0.2, 0.25) is 0 Å². The molecule has 0 aromatic heterocycles. The Hall–Kier alpha value is -1.07. The van der Waals surface area contributed by atoms with Crippen molar-refractivity contribution in [3.05, 3.63) is 23.3 Å². The lowest BCUT2D eigenvalue weighted by Gasteiger charge is -2.04. The Bertz CT molecular complexity index is 476. The third-order valence-corrected chi connectivity index (χ3v) is 3.32. The summed E-state index contributed by atoms with van der Waals surface area (Å²) >= 11 is 0. The van der Waals surface area contributed by atoms with E-state index in [2.05, 4.69) is 0 Å². The second kappa shape index (κ2) is 2.96. The minimum absolute atomic E-state index is 0.0262. The van der Waals surface area contributed by atoms with Crippen LogP contribution < -0.4 is 0 Å². The Morgan fingerprint density at radius 1 is 1.29 bits per heavy atom. The Morgan fingerprint density at radius 3 is 2.43 bits per heavy atom. The van der Waals surface area contributed by atoms with Crippen molar-refractivity contribution in [2.24, 2.45) is 0 Å². The maximum atomic E-state index is 11.3. The van der Waals surface area contributed by atoms with E-state index in [0.717, 1.165) is 17.4 Å². The topological polar surface area (TPSA) is 63.6 Å². The lowest BCUT2D eigenvalue weighted by atomic mass is 10.1. The van der Waals surface area contributed by atoms with Gasteiger partial charge in [0.05, 0.1) is 13.2 Å². The zero-order valence-electron chi connectivity index (χ0n) is 7.65. The number of hydrogen-bond acceptors (Lipinski definition) is 4. The van der Waals surface area contributed by atoms with Crippen molar-refractivity contribution in [2.75, 3.05) is 6.26 Å². The molecule has 0 radical (unpaired) electrons. The first kappa shape index (κ1) is 9.48. The van der Waals surface area contributed by atoms with Crippen LogP contribution in [0.5, 0.6) is 5.75 Å². The van der Waals surface area contributed by atoms with Crippen molar-refractivity contribution < 1.29 is 18.3 Å². The van der Waals surface area contributed by atoms with Gasteiger partial charge in [0.1, 0.15) is 10.6 Å². The molecule has 0 saturated carbocycles. The van der Waals surface area contributed by atoms with Gasteiger partial charge in [-0.1, -0.05) is 0 Å². The van der Waals surface area contributed by atoms with Crippen molar-refractivity contribution in [1.29, 1.82) is 0 Å². The first-order valence-corrected chi connectivity index (χ1v) is 6.00. The normalized spacial score (nSPS) is 15.5. The highest BCUT2D eigenvalue weighted by atomic mass is 32.2. The number of aromatic hydroxyl groups is 1. The third kappa shape index (κ3) is 1.49. The number of hydrogen-bond donors (Lipinski definition) is 1. The quantitative estimate of drug-likeness (QED) is 0.752. The van der Waals surface area contributed by atoms with Crippen molar-refractivity contribution in [3.8, 4) is 5.75 Å². The molecule has 0 amide bonds. The molecule has 2 rings (SSSR count). The summed E-state index contributed by atoms with van der Waals surface area (Å²) in [6, 6.07) is 2.94. The van der Waals surface area contributed by atoms with Gasteiger partial charge in [-0.3, -0.25) is 0 Å². The number of ether oxygens (including phenoxy) is 1. The minimum atomic E-state index is -3.36. The van der Waals surface area contributed by atoms with Crippen molar-refractivity contribution in [2.45, 2.75) is 18.1 Å². The van der Waals surface area contributed by atoms with Gasteiger partial charge in [-0.15, -0.1) is 0 Å². The van der Waals surface area contributed by atoms with Crippen LogP contribution in [0.25, 0.3) is 0 Å². The molecule has 0 saturated heterocycles. The Labute approximate surface area is 82.1 Å². The highest BCUT2D eigenvalue weighted by molar-refractivity contribution is 7.90. The Balaban J connectivity index is 2.65. The summed E-state index contributed by atoms with van der Waals surface area (Å²) in [6.07, 6.45) is 1.07. The number of phenols is 1. The Morgan fingerprint density at radius 2 is 1.86 bits per heavy atom. The van der Waals surface area contributed by atoms with Gasteiger partial charge in [0, 0.05) is 6.26 Å². The predicted molar refractivity (Wildman–Crippen MR) is 49.7 cm³/mol. The molecule has 0 fully saturated rings. The van der Waals surface area contributed by atoms with E-state index in [-0.39, 0.29) is 10.6 Å². The van der Waals surface area contributed by atoms with Gasteiger partial charge in [-0.25, -0.2) is 8.42 Å². The van der Waals surface area contributed by atoms with E-state index in [1.54, 1.807) is 0 Å². The SMILES string of the molecule is CS(=O)(=O)c1cc2c(cc1O)COC2. The summed E-state index contributed by atoms with van der Waals surface area (Å²) in [6.45, 7) is 0.852. The zero-order chi connectivity index (χ0) is 10.3. The van der Waals surface area contributed by atoms with E-state index >= 15 is 0 Å². The van der Waals surface area contributed by atoms with Gasteiger partial charge in [0.25, 0.3) is 0 Å². The Kier molecular flexibility index (Phi) is 2.01. The molecular formula is C9H10O4S. The van der Waals surface area contributed by atoms with Crippen LogP contribution >= 0.6 is 0 Å². The average Bonchev–Trinajstić information content (AvgIpc) is 2.47. The highest BCUT2D eigenvalue weighted by Gasteiger charge is 2.19. The van der Waals surface area contributed by atoms with Crippen molar-refractivity contribution in [3.63, 3.8) is 0 Å². The summed E-state index contributed by atoms with van der Waals surface area (Å²) in [7, 11) is -3.36. The van der Waals surface area contributed by atoms with Gasteiger partial charge in [0.15, 0.2) is 9.84 Å². The molecule has 5 heteroatoms. The summed E-state index contributed by atoms with van der Waals surface area (Å²) in [5.74, 6) is -0.197. The van der Waals surface area contributed by atoms with Crippen molar-refractivity contribution >= 4 is 9.84 Å². The summed E-state index contributed by atoms with van der Waals surface area (Å²) in [4.78, 5) is -0.0262. The van der Waals surface area contributed by atoms with Crippen LogP contribution in [0.3, 0.4) is 0 Å². The van der Waals surface area contributed by atoms with Gasteiger partial charge >= 0.3 is 0 Å². The largest absolute Gasteiger partial charge is 0.507 e. The van der Waals surface area contributed by atoms with Crippen LogP contribution in [0.1, 0.15) is 11.1 Å². The van der Waals surface area contributed by atoms with E-state index in [0.29, 0.717) is 13.2 Å². The number of benzene rings is 1. The molecule has 1 N–H and O–H groups in total. The molecule has 0 spiro atoms. The van der Waals surface area contributed by atoms with Gasteiger partial charge in [-0.2, -0.15) is 0 Å². The van der Waals surface area contributed by atoms with E-state index < -0.39 is 9.84 Å². The number of phenolic OH excluding ortho intramolecular Hbond substituents is 1. The van der Waals surface area contributed by atoms with Crippen molar-refractivity contribution in [1.82, 2.24) is 0 Å². The van der Waals surface area contributed by atoms with Crippen LogP contribution in [-0.4, -0.2) is 19.8 Å². The fourth-order valence-electron chi connectivity index (χ4n) is 1.49. The summed E-state index contributed by atoms with van der Waals surface area (Å²) in [5.41, 5.74) is 1.69. The minimum Gasteiger partial charge on any atom is -0.507 e. The highest BCUT2D eigenvalue weighted by Crippen LogP contribution is 2.30. The molecule has 1 aromatic carbocycles. The monoisotopic (exact) mass is 214 g/mol. The molecule has 1 aliphatic rings. The fraction of sp³-hybridized carbons (Fsp3) is 0.333. The summed E-state index contributed by atoms with van der Waals surface area (Å²) < 4.78 is 27.6. The maximum absolute atomic E-state index is 11.3. The third-order valence-electron chi connectivity index (χ3n) is 2.20. The van der Waals surface area contributed by atoms with Gasteiger partial charge in [0.2, 0.25) is 0 Å². The molecular weight excluding hydrogens is 204 g/mol. The van der Waals surface area contributed by atoms with Gasteiger partial charge in [-0.05, 0) is 23.3 Å². The molecule has 0 unspecified atom stereocenters. The number of sulfone groups is 1. The lowest BCUT2D eigenvalue weighted by molar-refractivity contribution is 0.134. The van der Waals surface area contributed by atoms with E-state index in [1.165, 1.54) is 12.1 Å².